The molecule has 0 aromatic heterocycles. The average molecular weight is 859 g/mol. The Morgan fingerprint density at radius 1 is 0.508 bits per heavy atom. The van der Waals surface area contributed by atoms with Gasteiger partial charge in [0, 0.05) is 12.8 Å². The zero-order chi connectivity index (χ0) is 43.6. The molecular formula is C49H97NO8P+. The highest BCUT2D eigenvalue weighted by Crippen LogP contribution is 2.43. The number of phosphoric ester groups is 1. The molecule has 0 spiro atoms. The minimum absolute atomic E-state index is 0.0338. The molecule has 0 fully saturated rings. The Bertz CT molecular complexity index is 1020. The molecule has 1 unspecified atom stereocenters. The fourth-order valence-electron chi connectivity index (χ4n) is 7.13. The van der Waals surface area contributed by atoms with E-state index in [2.05, 4.69) is 26.0 Å². The minimum Gasteiger partial charge on any atom is -0.462 e. The van der Waals surface area contributed by atoms with Gasteiger partial charge in [0.05, 0.1) is 27.7 Å². The van der Waals surface area contributed by atoms with Crippen molar-refractivity contribution in [2.45, 2.75) is 245 Å². The van der Waals surface area contributed by atoms with E-state index in [0.717, 1.165) is 51.4 Å². The van der Waals surface area contributed by atoms with Gasteiger partial charge in [-0.1, -0.05) is 199 Å². The standard InChI is InChI=1S/C49H96NO8P/c1-6-8-10-12-14-16-18-20-21-22-23-24-25-26-27-28-30-32-34-36-38-40-42-49(52)58-47(46-57-59(53,54)56-44-43-50(3,4)5)45-55-48(51)41-39-37-35-33-31-29-19-17-15-13-11-9-7-2/h17,19,47H,6-16,18,20-46H2,1-5H3/p+1/b19-17+/t47-/m1/s1. The van der Waals surface area contributed by atoms with E-state index in [-0.39, 0.29) is 32.0 Å². The van der Waals surface area contributed by atoms with Crippen LogP contribution in [0, 0.1) is 0 Å². The van der Waals surface area contributed by atoms with Crippen LogP contribution >= 0.6 is 7.82 Å². The van der Waals surface area contributed by atoms with Crippen LogP contribution in [0.1, 0.15) is 239 Å². The summed E-state index contributed by atoms with van der Waals surface area (Å²) in [4.78, 5) is 35.4. The Labute approximate surface area is 365 Å². The van der Waals surface area contributed by atoms with E-state index in [1.165, 1.54) is 154 Å². The highest BCUT2D eigenvalue weighted by Gasteiger charge is 2.27. The summed E-state index contributed by atoms with van der Waals surface area (Å²) in [5.74, 6) is -0.795. The number of ether oxygens (including phenoxy) is 2. The Kier molecular flexibility index (Phi) is 41.2. The lowest BCUT2D eigenvalue weighted by Crippen LogP contribution is -2.37. The highest BCUT2D eigenvalue weighted by atomic mass is 31.2. The first kappa shape index (κ1) is 57.8. The van der Waals surface area contributed by atoms with Crippen LogP contribution < -0.4 is 0 Å². The highest BCUT2D eigenvalue weighted by molar-refractivity contribution is 7.47. The van der Waals surface area contributed by atoms with Gasteiger partial charge in [-0.2, -0.15) is 0 Å². The van der Waals surface area contributed by atoms with Crippen LogP contribution in [-0.4, -0.2) is 74.9 Å². The van der Waals surface area contributed by atoms with Crippen LogP contribution in [0.2, 0.25) is 0 Å². The number of quaternary nitrogens is 1. The molecule has 0 heterocycles. The van der Waals surface area contributed by atoms with Gasteiger partial charge < -0.3 is 18.9 Å². The summed E-state index contributed by atoms with van der Waals surface area (Å²) >= 11 is 0. The molecule has 0 aliphatic heterocycles. The molecule has 0 aromatic carbocycles. The third-order valence-corrected chi connectivity index (χ3v) is 12.0. The number of allylic oxidation sites excluding steroid dienone is 2. The third-order valence-electron chi connectivity index (χ3n) is 11.0. The van der Waals surface area contributed by atoms with Crippen LogP contribution in [0.5, 0.6) is 0 Å². The van der Waals surface area contributed by atoms with Crippen molar-refractivity contribution in [2.24, 2.45) is 0 Å². The molecule has 0 aliphatic rings. The SMILES string of the molecule is CCCCCC/C=C/CCCCCCCC(=O)OC[C@H](COP(=O)(O)OCC[N+](C)(C)C)OC(=O)CCCCCCCCCCCCCCCCCCCCCCCC. The van der Waals surface area contributed by atoms with Gasteiger partial charge in [0.15, 0.2) is 6.10 Å². The van der Waals surface area contributed by atoms with Gasteiger partial charge >= 0.3 is 19.8 Å². The van der Waals surface area contributed by atoms with Crippen LogP contribution in [-0.2, 0) is 32.7 Å². The first-order chi connectivity index (χ1) is 28.5. The van der Waals surface area contributed by atoms with E-state index in [9.17, 15) is 19.0 Å². The number of carbonyl (C=O) groups is 2. The van der Waals surface area contributed by atoms with E-state index in [0.29, 0.717) is 17.4 Å². The van der Waals surface area contributed by atoms with E-state index in [4.69, 9.17) is 18.5 Å². The van der Waals surface area contributed by atoms with Gasteiger partial charge in [-0.15, -0.1) is 0 Å². The molecule has 0 amide bonds. The quantitative estimate of drug-likeness (QED) is 0.0212. The molecule has 0 aromatic rings. The first-order valence-electron chi connectivity index (χ1n) is 24.9. The summed E-state index contributed by atoms with van der Waals surface area (Å²) in [6, 6.07) is 0. The van der Waals surface area contributed by atoms with Crippen molar-refractivity contribution in [1.29, 1.82) is 0 Å². The maximum Gasteiger partial charge on any atom is 0.472 e. The molecule has 0 saturated heterocycles. The monoisotopic (exact) mass is 859 g/mol. The fraction of sp³-hybridized carbons (Fsp3) is 0.918. The number of rotatable bonds is 46. The van der Waals surface area contributed by atoms with Crippen molar-refractivity contribution >= 4 is 19.8 Å². The van der Waals surface area contributed by atoms with Crippen LogP contribution in [0.25, 0.3) is 0 Å². The summed E-state index contributed by atoms with van der Waals surface area (Å²) < 4.78 is 34.4. The molecule has 0 rings (SSSR count). The van der Waals surface area contributed by atoms with Crippen LogP contribution in [0.4, 0.5) is 0 Å². The number of esters is 2. The summed E-state index contributed by atoms with van der Waals surface area (Å²) in [7, 11) is 1.49. The molecular weight excluding hydrogens is 762 g/mol. The van der Waals surface area contributed by atoms with Crippen molar-refractivity contribution in [3.05, 3.63) is 12.2 Å². The number of hydrogen-bond donors (Lipinski definition) is 1. The molecule has 2 atom stereocenters. The van der Waals surface area contributed by atoms with Crippen molar-refractivity contribution in [2.75, 3.05) is 47.5 Å². The second-order valence-electron chi connectivity index (χ2n) is 18.2. The number of carbonyl (C=O) groups excluding carboxylic acids is 2. The zero-order valence-corrected chi connectivity index (χ0v) is 40.4. The van der Waals surface area contributed by atoms with Crippen molar-refractivity contribution in [1.82, 2.24) is 0 Å². The van der Waals surface area contributed by atoms with Crippen LogP contribution in [0.15, 0.2) is 12.2 Å². The van der Waals surface area contributed by atoms with Gasteiger partial charge in [0.25, 0.3) is 0 Å². The number of phosphoric acid groups is 1. The number of hydrogen-bond acceptors (Lipinski definition) is 7. The smallest absolute Gasteiger partial charge is 0.462 e. The number of likely N-dealkylation sites (N-methyl/N-ethyl adjacent to an activating group) is 1. The van der Waals surface area contributed by atoms with Crippen molar-refractivity contribution < 1.29 is 42.1 Å². The Hall–Kier alpha value is -1.25. The largest absolute Gasteiger partial charge is 0.472 e. The van der Waals surface area contributed by atoms with Gasteiger partial charge in [-0.25, -0.2) is 4.57 Å². The number of unbranched alkanes of at least 4 members (excludes halogenated alkanes) is 30. The van der Waals surface area contributed by atoms with Gasteiger partial charge in [-0.3, -0.25) is 18.6 Å². The maximum absolute atomic E-state index is 12.7. The summed E-state index contributed by atoms with van der Waals surface area (Å²) in [6.07, 6.45) is 45.5. The van der Waals surface area contributed by atoms with Crippen LogP contribution in [0.3, 0.4) is 0 Å². The summed E-state index contributed by atoms with van der Waals surface area (Å²) in [5.41, 5.74) is 0. The Balaban J connectivity index is 4.19. The fourth-order valence-corrected chi connectivity index (χ4v) is 7.87. The van der Waals surface area contributed by atoms with Gasteiger partial charge in [0.1, 0.15) is 19.8 Å². The minimum atomic E-state index is -4.37. The molecule has 0 radical (unpaired) electrons. The molecule has 9 nitrogen and oxygen atoms in total. The summed E-state index contributed by atoms with van der Waals surface area (Å²) in [6.45, 7) is 4.44. The molecule has 59 heavy (non-hydrogen) atoms. The molecule has 0 aliphatic carbocycles. The van der Waals surface area contributed by atoms with E-state index in [1.807, 2.05) is 21.1 Å². The predicted molar refractivity (Wildman–Crippen MR) is 248 cm³/mol. The van der Waals surface area contributed by atoms with Crippen molar-refractivity contribution in [3.63, 3.8) is 0 Å². The lowest BCUT2D eigenvalue weighted by atomic mass is 10.0. The van der Waals surface area contributed by atoms with E-state index in [1.54, 1.807) is 0 Å². The van der Waals surface area contributed by atoms with Gasteiger partial charge in [-0.05, 0) is 38.5 Å². The topological polar surface area (TPSA) is 108 Å². The predicted octanol–water partition coefficient (Wildman–Crippen LogP) is 14.5. The average Bonchev–Trinajstić information content (AvgIpc) is 3.19. The number of nitrogens with zero attached hydrogens (tertiary/aromatic N) is 1. The molecule has 350 valence electrons. The lowest BCUT2D eigenvalue weighted by Gasteiger charge is -2.24. The van der Waals surface area contributed by atoms with Crippen molar-refractivity contribution in [3.8, 4) is 0 Å². The normalized spacial score (nSPS) is 13.5. The van der Waals surface area contributed by atoms with E-state index >= 15 is 0 Å². The Morgan fingerprint density at radius 2 is 0.864 bits per heavy atom. The maximum atomic E-state index is 12.7. The summed E-state index contributed by atoms with van der Waals surface area (Å²) in [5, 5.41) is 0. The second kappa shape index (κ2) is 42.1. The zero-order valence-electron chi connectivity index (χ0n) is 39.5. The first-order valence-corrected chi connectivity index (χ1v) is 26.4. The second-order valence-corrected chi connectivity index (χ2v) is 19.7. The molecule has 1 N–H and O–H groups in total. The third kappa shape index (κ3) is 46.1. The lowest BCUT2D eigenvalue weighted by molar-refractivity contribution is -0.870. The molecule has 0 saturated carbocycles. The van der Waals surface area contributed by atoms with E-state index < -0.39 is 26.5 Å². The molecule has 10 heteroatoms. The Morgan fingerprint density at radius 3 is 1.27 bits per heavy atom. The van der Waals surface area contributed by atoms with Gasteiger partial charge in [0.2, 0.25) is 0 Å². The molecule has 0 bridgehead atoms.